The highest BCUT2D eigenvalue weighted by Crippen LogP contribution is 2.09. The molecule has 0 aromatic heterocycles. The Labute approximate surface area is 48.4 Å². The smallest absolute Gasteiger partial charge is 0.300 e. The number of allylic oxidation sites excluding steroid dienone is 2. The van der Waals surface area contributed by atoms with Gasteiger partial charge in [-0.25, -0.2) is 0 Å². The van der Waals surface area contributed by atoms with Gasteiger partial charge < -0.3 is 9.47 Å². The molecule has 0 aromatic rings. The number of ether oxygens (including phenoxy) is 2. The molecule has 0 bridgehead atoms. The van der Waals surface area contributed by atoms with Gasteiger partial charge in [0, 0.05) is 7.11 Å². The second-order valence-corrected chi connectivity index (χ2v) is 1.33. The van der Waals surface area contributed by atoms with Gasteiger partial charge >= 0.3 is 6.29 Å². The van der Waals surface area contributed by atoms with Crippen LogP contribution in [-0.4, -0.2) is 7.11 Å². The molecule has 0 aliphatic carbocycles. The normalized spacial score (nSPS) is 18.6. The number of rotatable bonds is 1. The van der Waals surface area contributed by atoms with Crippen LogP contribution in [0.15, 0.2) is 24.5 Å². The molecule has 1 aliphatic rings. The van der Waals surface area contributed by atoms with Crippen molar-refractivity contribution >= 4 is 0 Å². The summed E-state index contributed by atoms with van der Waals surface area (Å²) in [5, 5.41) is 0. The fourth-order valence-electron chi connectivity index (χ4n) is 0.441. The number of methoxy groups -OCH3 is 1. The molecule has 1 radical (unpaired) electrons. The van der Waals surface area contributed by atoms with Crippen LogP contribution in [0.1, 0.15) is 0 Å². The highest BCUT2D eigenvalue weighted by molar-refractivity contribution is 5.11. The average molecular weight is 111 g/mol. The van der Waals surface area contributed by atoms with Gasteiger partial charge in [-0.15, -0.1) is 0 Å². The van der Waals surface area contributed by atoms with Crippen molar-refractivity contribution in [3.8, 4) is 0 Å². The second-order valence-electron chi connectivity index (χ2n) is 1.33. The molecule has 1 aliphatic heterocycles. The van der Waals surface area contributed by atoms with Crippen molar-refractivity contribution in [2.75, 3.05) is 7.11 Å². The van der Waals surface area contributed by atoms with Crippen LogP contribution in [0.3, 0.4) is 0 Å². The lowest BCUT2D eigenvalue weighted by Gasteiger charge is -2.08. The monoisotopic (exact) mass is 111 g/mol. The minimum atomic E-state index is 0.535. The number of hydrogen-bond donors (Lipinski definition) is 0. The van der Waals surface area contributed by atoms with Crippen LogP contribution in [0.25, 0.3) is 0 Å². The SMILES string of the molecule is CO[C]1C=CC=CO1. The predicted molar refractivity (Wildman–Crippen MR) is 29.6 cm³/mol. The zero-order chi connectivity index (χ0) is 5.82. The summed E-state index contributed by atoms with van der Waals surface area (Å²) in [4.78, 5) is 0. The van der Waals surface area contributed by atoms with Crippen LogP contribution in [0.4, 0.5) is 0 Å². The van der Waals surface area contributed by atoms with Gasteiger partial charge in [-0.2, -0.15) is 0 Å². The van der Waals surface area contributed by atoms with E-state index in [2.05, 4.69) is 0 Å². The van der Waals surface area contributed by atoms with Gasteiger partial charge in [0.1, 0.15) is 0 Å². The summed E-state index contributed by atoms with van der Waals surface area (Å²) in [5.74, 6) is 0. The minimum Gasteiger partial charge on any atom is -0.460 e. The lowest BCUT2D eigenvalue weighted by molar-refractivity contribution is 0.0526. The van der Waals surface area contributed by atoms with E-state index in [-0.39, 0.29) is 0 Å². The summed E-state index contributed by atoms with van der Waals surface area (Å²) in [7, 11) is 1.57. The molecule has 43 valence electrons. The molecular formula is C6H7O2. The molecule has 0 saturated heterocycles. The quantitative estimate of drug-likeness (QED) is 0.506. The molecule has 8 heavy (non-hydrogen) atoms. The second kappa shape index (κ2) is 2.52. The fourth-order valence-corrected chi connectivity index (χ4v) is 0.441. The largest absolute Gasteiger partial charge is 0.460 e. The Hall–Kier alpha value is -0.760. The van der Waals surface area contributed by atoms with Gasteiger partial charge in [0.15, 0.2) is 0 Å². The third kappa shape index (κ3) is 1.10. The van der Waals surface area contributed by atoms with Crippen LogP contribution in [-0.2, 0) is 9.47 Å². The van der Waals surface area contributed by atoms with E-state index < -0.39 is 0 Å². The summed E-state index contributed by atoms with van der Waals surface area (Å²) >= 11 is 0. The standard InChI is InChI=1S/C6H7O2/c1-7-6-4-2-3-5-8-6/h2-5H,1H3. The molecule has 0 saturated carbocycles. The molecule has 1 heterocycles. The van der Waals surface area contributed by atoms with E-state index in [4.69, 9.17) is 9.47 Å². The zero-order valence-corrected chi connectivity index (χ0v) is 4.63. The Morgan fingerprint density at radius 3 is 2.75 bits per heavy atom. The van der Waals surface area contributed by atoms with Crippen LogP contribution in [0, 0.1) is 6.29 Å². The fraction of sp³-hybridized carbons (Fsp3) is 0.167. The van der Waals surface area contributed by atoms with E-state index in [0.717, 1.165) is 0 Å². The van der Waals surface area contributed by atoms with Crippen LogP contribution >= 0.6 is 0 Å². The Balaban J connectivity index is 2.40. The summed E-state index contributed by atoms with van der Waals surface area (Å²) < 4.78 is 9.60. The molecule has 0 fully saturated rings. The molecule has 0 N–H and O–H groups in total. The van der Waals surface area contributed by atoms with Crippen molar-refractivity contribution in [2.45, 2.75) is 0 Å². The van der Waals surface area contributed by atoms with Crippen molar-refractivity contribution in [3.63, 3.8) is 0 Å². The van der Waals surface area contributed by atoms with Gasteiger partial charge in [-0.1, -0.05) is 6.08 Å². The first kappa shape index (κ1) is 5.38. The molecule has 0 spiro atoms. The first-order valence-electron chi connectivity index (χ1n) is 2.34. The van der Waals surface area contributed by atoms with Gasteiger partial charge in [0.25, 0.3) is 0 Å². The summed E-state index contributed by atoms with van der Waals surface area (Å²) in [6, 6.07) is 0. The van der Waals surface area contributed by atoms with E-state index in [1.165, 1.54) is 0 Å². The molecular weight excluding hydrogens is 104 g/mol. The maximum absolute atomic E-state index is 4.85. The Bertz CT molecular complexity index is 116. The average Bonchev–Trinajstić information content (AvgIpc) is 1.90. The van der Waals surface area contributed by atoms with Crippen molar-refractivity contribution in [1.29, 1.82) is 0 Å². The first-order valence-corrected chi connectivity index (χ1v) is 2.34. The van der Waals surface area contributed by atoms with Crippen molar-refractivity contribution < 1.29 is 9.47 Å². The summed E-state index contributed by atoms with van der Waals surface area (Å²) in [6.45, 7) is 0. The topological polar surface area (TPSA) is 18.5 Å². The van der Waals surface area contributed by atoms with Crippen molar-refractivity contribution in [2.24, 2.45) is 0 Å². The molecule has 0 amide bonds. The Morgan fingerprint density at radius 1 is 1.50 bits per heavy atom. The van der Waals surface area contributed by atoms with E-state index in [9.17, 15) is 0 Å². The van der Waals surface area contributed by atoms with Gasteiger partial charge in [0.05, 0.1) is 6.26 Å². The van der Waals surface area contributed by atoms with E-state index in [0.29, 0.717) is 6.29 Å². The molecule has 0 aromatic carbocycles. The van der Waals surface area contributed by atoms with Crippen LogP contribution in [0.5, 0.6) is 0 Å². The maximum atomic E-state index is 4.85. The number of hydrogen-bond acceptors (Lipinski definition) is 2. The first-order chi connectivity index (χ1) is 3.93. The molecule has 0 atom stereocenters. The predicted octanol–water partition coefficient (Wildman–Crippen LogP) is 1.22. The Morgan fingerprint density at radius 2 is 2.38 bits per heavy atom. The third-order valence-corrected chi connectivity index (χ3v) is 0.807. The van der Waals surface area contributed by atoms with Crippen LogP contribution in [0.2, 0.25) is 0 Å². The molecule has 1 rings (SSSR count). The third-order valence-electron chi connectivity index (χ3n) is 0.807. The zero-order valence-electron chi connectivity index (χ0n) is 4.63. The van der Waals surface area contributed by atoms with Crippen LogP contribution < -0.4 is 0 Å². The minimum absolute atomic E-state index is 0.535. The van der Waals surface area contributed by atoms with Gasteiger partial charge in [-0.3, -0.25) is 0 Å². The summed E-state index contributed by atoms with van der Waals surface area (Å²) in [5.41, 5.74) is 0. The van der Waals surface area contributed by atoms with Gasteiger partial charge in [-0.05, 0) is 12.2 Å². The lowest BCUT2D eigenvalue weighted by atomic mass is 10.4. The van der Waals surface area contributed by atoms with E-state index in [1.807, 2.05) is 6.08 Å². The highest BCUT2D eigenvalue weighted by atomic mass is 16.7. The molecule has 0 unspecified atom stereocenters. The van der Waals surface area contributed by atoms with Crippen molar-refractivity contribution in [3.05, 3.63) is 30.8 Å². The van der Waals surface area contributed by atoms with Gasteiger partial charge in [0.2, 0.25) is 0 Å². The van der Waals surface area contributed by atoms with E-state index in [1.54, 1.807) is 25.5 Å². The van der Waals surface area contributed by atoms with E-state index >= 15 is 0 Å². The maximum Gasteiger partial charge on any atom is 0.300 e. The summed E-state index contributed by atoms with van der Waals surface area (Å²) in [6.07, 6.45) is 7.50. The van der Waals surface area contributed by atoms with Crippen molar-refractivity contribution in [1.82, 2.24) is 0 Å². The Kier molecular flexibility index (Phi) is 1.70. The lowest BCUT2D eigenvalue weighted by Crippen LogP contribution is -1.99. The molecule has 2 nitrogen and oxygen atoms in total. The molecule has 2 heteroatoms. The highest BCUT2D eigenvalue weighted by Gasteiger charge is 2.03.